The number of nitro groups is 1. The Kier molecular flexibility index (Phi) is 2.89. The van der Waals surface area contributed by atoms with Crippen LogP contribution in [0.5, 0.6) is 5.75 Å². The van der Waals surface area contributed by atoms with Crippen LogP contribution in [0.25, 0.3) is 0 Å². The third-order valence-electron chi connectivity index (χ3n) is 1.18. The highest BCUT2D eigenvalue weighted by Crippen LogP contribution is 2.19. The van der Waals surface area contributed by atoms with E-state index in [1.807, 2.05) is 0 Å². The summed E-state index contributed by atoms with van der Waals surface area (Å²) in [5.41, 5.74) is -0.00899. The fourth-order valence-corrected chi connectivity index (χ4v) is 0.864. The fraction of sp³-hybridized carbons (Fsp3) is 0. The third-order valence-corrected chi connectivity index (χ3v) is 1.45. The molecule has 0 amide bonds. The summed E-state index contributed by atoms with van der Waals surface area (Å²) < 4.78 is 12.8. The highest BCUT2D eigenvalue weighted by atomic mass is 32.2. The summed E-state index contributed by atoms with van der Waals surface area (Å²) >= 11 is 0.199. The minimum Gasteiger partial charge on any atom is -0.401 e. The highest BCUT2D eigenvalue weighted by Gasteiger charge is 2.03. The van der Waals surface area contributed by atoms with Crippen LogP contribution < -0.4 is 4.18 Å². The number of non-ortho nitro benzene ring substituents is 1. The summed E-state index contributed by atoms with van der Waals surface area (Å²) in [7, 11) is 0. The smallest absolute Gasteiger partial charge is 0.269 e. The minimum atomic E-state index is -0.504. The first kappa shape index (κ1) is 8.82. The molecular formula is C6H5NO4S. The topological polar surface area (TPSA) is 72.6 Å². The molecule has 0 radical (unpaired) electrons. The first-order valence-electron chi connectivity index (χ1n) is 2.96. The van der Waals surface area contributed by atoms with Gasteiger partial charge in [0.1, 0.15) is 5.75 Å². The average Bonchev–Trinajstić information content (AvgIpc) is 2.06. The molecule has 0 aliphatic rings. The maximum Gasteiger partial charge on any atom is 0.269 e. The lowest BCUT2D eigenvalue weighted by atomic mass is 10.3. The normalized spacial score (nSPS) is 9.42. The van der Waals surface area contributed by atoms with E-state index in [-0.39, 0.29) is 18.0 Å². The van der Waals surface area contributed by atoms with Crippen molar-refractivity contribution in [2.24, 2.45) is 0 Å². The van der Waals surface area contributed by atoms with E-state index in [1.54, 1.807) is 0 Å². The van der Waals surface area contributed by atoms with E-state index in [0.717, 1.165) is 0 Å². The zero-order chi connectivity index (χ0) is 8.97. The molecule has 0 aromatic heterocycles. The van der Waals surface area contributed by atoms with E-state index in [0.29, 0.717) is 5.75 Å². The molecule has 0 bridgehead atoms. The summed E-state index contributed by atoms with van der Waals surface area (Å²) in [5, 5.41) is 10.2. The van der Waals surface area contributed by atoms with Gasteiger partial charge in [0.2, 0.25) is 12.3 Å². The van der Waals surface area contributed by atoms with Crippen molar-refractivity contribution in [2.75, 3.05) is 0 Å². The first-order chi connectivity index (χ1) is 5.74. The fourth-order valence-electron chi connectivity index (χ4n) is 0.666. The largest absolute Gasteiger partial charge is 0.401 e. The molecular weight excluding hydrogens is 182 g/mol. The number of benzene rings is 1. The van der Waals surface area contributed by atoms with Gasteiger partial charge in [0.15, 0.2) is 0 Å². The Morgan fingerprint density at radius 1 is 1.42 bits per heavy atom. The molecule has 1 aromatic rings. The summed E-state index contributed by atoms with van der Waals surface area (Å²) in [6.45, 7) is 0. The van der Waals surface area contributed by atoms with Crippen molar-refractivity contribution in [3.05, 3.63) is 34.4 Å². The number of rotatable bonds is 3. The van der Waals surface area contributed by atoms with Crippen molar-refractivity contribution in [3.63, 3.8) is 0 Å². The Morgan fingerprint density at radius 3 is 2.42 bits per heavy atom. The zero-order valence-electron chi connectivity index (χ0n) is 5.84. The van der Waals surface area contributed by atoms with Crippen LogP contribution in [0.15, 0.2) is 24.3 Å². The van der Waals surface area contributed by atoms with Crippen LogP contribution in [0.4, 0.5) is 5.69 Å². The van der Waals surface area contributed by atoms with Crippen molar-refractivity contribution in [1.29, 1.82) is 0 Å². The van der Waals surface area contributed by atoms with Gasteiger partial charge in [0.05, 0.1) is 4.92 Å². The van der Waals surface area contributed by atoms with Crippen molar-refractivity contribution in [2.45, 2.75) is 0 Å². The summed E-state index contributed by atoms with van der Waals surface area (Å²) in [6.07, 6.45) is 0. The van der Waals surface area contributed by atoms with Gasteiger partial charge in [0, 0.05) is 12.1 Å². The van der Waals surface area contributed by atoms with E-state index >= 15 is 0 Å². The summed E-state index contributed by atoms with van der Waals surface area (Å²) in [5.74, 6) is 0.369. The Hall–Kier alpha value is -1.27. The van der Waals surface area contributed by atoms with Crippen molar-refractivity contribution >= 4 is 18.0 Å². The molecule has 12 heavy (non-hydrogen) atoms. The van der Waals surface area contributed by atoms with Crippen LogP contribution in [0.2, 0.25) is 0 Å². The zero-order valence-corrected chi connectivity index (χ0v) is 6.65. The molecule has 6 heteroatoms. The van der Waals surface area contributed by atoms with E-state index in [9.17, 15) is 10.1 Å². The van der Waals surface area contributed by atoms with Crippen LogP contribution in [0.1, 0.15) is 0 Å². The molecule has 0 aliphatic carbocycles. The lowest BCUT2D eigenvalue weighted by molar-refractivity contribution is -0.384. The standard InChI is InChI=1S/C6H5NO4S/c8-7(9)5-1-3-6(4-2-5)11-12-10/h1-4,10H. The average molecular weight is 187 g/mol. The van der Waals surface area contributed by atoms with Crippen LogP contribution in [0.3, 0.4) is 0 Å². The quantitative estimate of drug-likeness (QED) is 0.445. The van der Waals surface area contributed by atoms with Gasteiger partial charge in [-0.3, -0.25) is 14.7 Å². The van der Waals surface area contributed by atoms with Gasteiger partial charge in [-0.2, -0.15) is 0 Å². The van der Waals surface area contributed by atoms with Gasteiger partial charge >= 0.3 is 0 Å². The highest BCUT2D eigenvalue weighted by molar-refractivity contribution is 7.89. The lowest BCUT2D eigenvalue weighted by Gasteiger charge is -1.96. The monoisotopic (exact) mass is 187 g/mol. The Bertz CT molecular complexity index is 273. The lowest BCUT2D eigenvalue weighted by Crippen LogP contribution is -1.87. The second kappa shape index (κ2) is 3.93. The molecule has 0 heterocycles. The van der Waals surface area contributed by atoms with Crippen LogP contribution in [-0.4, -0.2) is 9.48 Å². The van der Waals surface area contributed by atoms with Gasteiger partial charge < -0.3 is 4.18 Å². The predicted octanol–water partition coefficient (Wildman–Crippen LogP) is 2.09. The van der Waals surface area contributed by atoms with E-state index < -0.39 is 4.92 Å². The van der Waals surface area contributed by atoms with Crippen molar-refractivity contribution in [1.82, 2.24) is 0 Å². The molecule has 0 saturated carbocycles. The molecule has 1 rings (SSSR count). The molecule has 5 nitrogen and oxygen atoms in total. The van der Waals surface area contributed by atoms with Crippen LogP contribution in [0, 0.1) is 10.1 Å². The Labute approximate surface area is 72.5 Å². The van der Waals surface area contributed by atoms with E-state index in [4.69, 9.17) is 4.55 Å². The number of hydrogen-bond acceptors (Lipinski definition) is 5. The molecule has 0 saturated heterocycles. The SMILES string of the molecule is O=[N+]([O-])c1ccc(OSO)cc1. The molecule has 1 aromatic carbocycles. The van der Waals surface area contributed by atoms with E-state index in [1.165, 1.54) is 24.3 Å². The minimum absolute atomic E-state index is 0.00899. The van der Waals surface area contributed by atoms with Crippen LogP contribution in [-0.2, 0) is 0 Å². The van der Waals surface area contributed by atoms with Gasteiger partial charge in [0.25, 0.3) is 5.69 Å². The molecule has 0 fully saturated rings. The first-order valence-corrected chi connectivity index (χ1v) is 3.66. The summed E-state index contributed by atoms with van der Waals surface area (Å²) in [6, 6.07) is 5.40. The molecule has 0 atom stereocenters. The maximum atomic E-state index is 10.2. The second-order valence-corrected chi connectivity index (χ2v) is 2.22. The molecule has 0 unspecified atom stereocenters. The third kappa shape index (κ3) is 2.11. The van der Waals surface area contributed by atoms with Crippen molar-refractivity contribution in [3.8, 4) is 5.75 Å². The molecule has 1 N–H and O–H groups in total. The number of nitrogens with zero attached hydrogens (tertiary/aromatic N) is 1. The van der Waals surface area contributed by atoms with Crippen LogP contribution >= 0.6 is 12.3 Å². The molecule has 64 valence electrons. The van der Waals surface area contributed by atoms with Gasteiger partial charge in [-0.1, -0.05) is 0 Å². The number of nitro benzene ring substituents is 1. The van der Waals surface area contributed by atoms with E-state index in [2.05, 4.69) is 4.18 Å². The molecule has 0 spiro atoms. The Morgan fingerprint density at radius 2 is 2.00 bits per heavy atom. The van der Waals surface area contributed by atoms with Gasteiger partial charge in [-0.05, 0) is 12.1 Å². The number of hydrogen-bond donors (Lipinski definition) is 1. The summed E-state index contributed by atoms with van der Waals surface area (Å²) in [4.78, 5) is 9.68. The van der Waals surface area contributed by atoms with Gasteiger partial charge in [-0.25, -0.2) is 0 Å². The second-order valence-electron chi connectivity index (χ2n) is 1.91. The van der Waals surface area contributed by atoms with Gasteiger partial charge in [-0.15, -0.1) is 0 Å². The molecule has 0 aliphatic heterocycles. The maximum absolute atomic E-state index is 10.2. The van der Waals surface area contributed by atoms with Crippen molar-refractivity contribution < 1.29 is 13.7 Å². The predicted molar refractivity (Wildman–Crippen MR) is 43.9 cm³/mol. The Balaban J connectivity index is 2.78.